The van der Waals surface area contributed by atoms with Crippen LogP contribution in [-0.4, -0.2) is 58.9 Å². The Morgan fingerprint density at radius 2 is 1.61 bits per heavy atom. The smallest absolute Gasteiger partial charge is 0.251 e. The third-order valence-corrected chi connectivity index (χ3v) is 4.58. The minimum atomic E-state index is -0.146. The monoisotopic (exact) mass is 570 g/mol. The van der Waals surface area contributed by atoms with Crippen molar-refractivity contribution in [3.05, 3.63) is 59.7 Å². The lowest BCUT2D eigenvalue weighted by molar-refractivity contribution is 0.0954. The van der Waals surface area contributed by atoms with Crippen LogP contribution in [0.25, 0.3) is 0 Å². The summed E-state index contributed by atoms with van der Waals surface area (Å²) in [7, 11) is 3.23. The van der Waals surface area contributed by atoms with E-state index in [2.05, 4.69) is 20.9 Å². The van der Waals surface area contributed by atoms with E-state index in [1.807, 2.05) is 31.2 Å². The molecule has 0 aliphatic heterocycles. The number of aliphatic imine (C=N–C) groups is 1. The Balaban J connectivity index is 0.00000544. The molecule has 0 heterocycles. The van der Waals surface area contributed by atoms with Crippen molar-refractivity contribution in [2.24, 2.45) is 4.99 Å². The molecule has 0 aromatic heterocycles. The number of carbonyl (C=O) groups excluding carboxylic acids is 1. The first-order chi connectivity index (χ1) is 15.7. The Kier molecular flexibility index (Phi) is 14.7. The van der Waals surface area contributed by atoms with Gasteiger partial charge in [-0.05, 0) is 49.2 Å². The fourth-order valence-corrected chi connectivity index (χ4v) is 2.82. The quantitative estimate of drug-likeness (QED) is 0.148. The van der Waals surface area contributed by atoms with E-state index in [1.54, 1.807) is 38.5 Å². The SMILES string of the molecule is CCOCCCNC(=NCc1ccc(OC)cc1)NCCNC(=O)c1cccc(OC)c1.I. The van der Waals surface area contributed by atoms with E-state index in [9.17, 15) is 4.79 Å². The second-order valence-electron chi connectivity index (χ2n) is 6.90. The van der Waals surface area contributed by atoms with E-state index in [1.165, 1.54) is 0 Å². The van der Waals surface area contributed by atoms with Gasteiger partial charge in [-0.2, -0.15) is 0 Å². The molecule has 9 heteroatoms. The molecule has 0 aliphatic carbocycles. The summed E-state index contributed by atoms with van der Waals surface area (Å²) in [6.45, 7) is 5.66. The highest BCUT2D eigenvalue weighted by atomic mass is 127. The average molecular weight is 570 g/mol. The molecule has 0 radical (unpaired) electrons. The Morgan fingerprint density at radius 3 is 2.30 bits per heavy atom. The van der Waals surface area contributed by atoms with Crippen LogP contribution in [0.1, 0.15) is 29.3 Å². The average Bonchev–Trinajstić information content (AvgIpc) is 2.84. The van der Waals surface area contributed by atoms with Crippen molar-refractivity contribution < 1.29 is 19.0 Å². The highest BCUT2D eigenvalue weighted by Crippen LogP contribution is 2.12. The molecule has 8 nitrogen and oxygen atoms in total. The minimum Gasteiger partial charge on any atom is -0.497 e. The van der Waals surface area contributed by atoms with Crippen molar-refractivity contribution >= 4 is 35.8 Å². The van der Waals surface area contributed by atoms with E-state index in [4.69, 9.17) is 14.2 Å². The number of amides is 1. The van der Waals surface area contributed by atoms with E-state index in [0.717, 1.165) is 24.3 Å². The Labute approximate surface area is 213 Å². The third kappa shape index (κ3) is 11.2. The first-order valence-corrected chi connectivity index (χ1v) is 10.8. The van der Waals surface area contributed by atoms with Crippen LogP contribution in [-0.2, 0) is 11.3 Å². The Hall–Kier alpha value is -2.53. The van der Waals surface area contributed by atoms with Gasteiger partial charge in [0, 0.05) is 38.4 Å². The first kappa shape index (κ1) is 28.5. The highest BCUT2D eigenvalue weighted by molar-refractivity contribution is 14.0. The number of rotatable bonds is 13. The van der Waals surface area contributed by atoms with Gasteiger partial charge in [0.25, 0.3) is 5.91 Å². The van der Waals surface area contributed by atoms with E-state index >= 15 is 0 Å². The number of halogens is 1. The van der Waals surface area contributed by atoms with Gasteiger partial charge in [-0.25, -0.2) is 4.99 Å². The minimum absolute atomic E-state index is 0. The zero-order valence-electron chi connectivity index (χ0n) is 19.6. The van der Waals surface area contributed by atoms with Gasteiger partial charge in [0.05, 0.1) is 20.8 Å². The number of guanidine groups is 1. The lowest BCUT2D eigenvalue weighted by Crippen LogP contribution is -2.42. The van der Waals surface area contributed by atoms with E-state index in [0.29, 0.717) is 50.1 Å². The summed E-state index contributed by atoms with van der Waals surface area (Å²) < 4.78 is 15.7. The maximum Gasteiger partial charge on any atom is 0.251 e. The van der Waals surface area contributed by atoms with Gasteiger partial charge in [0.1, 0.15) is 11.5 Å². The van der Waals surface area contributed by atoms with Crippen molar-refractivity contribution in [2.75, 3.05) is 47.1 Å². The second kappa shape index (κ2) is 17.0. The summed E-state index contributed by atoms with van der Waals surface area (Å²) in [6, 6.07) is 14.9. The topological polar surface area (TPSA) is 93.2 Å². The van der Waals surface area contributed by atoms with Crippen molar-refractivity contribution in [1.82, 2.24) is 16.0 Å². The Bertz CT molecular complexity index is 847. The summed E-state index contributed by atoms with van der Waals surface area (Å²) in [5, 5.41) is 9.48. The molecule has 1 amide bonds. The van der Waals surface area contributed by atoms with Gasteiger partial charge >= 0.3 is 0 Å². The molecular weight excluding hydrogens is 535 g/mol. The predicted molar refractivity (Wildman–Crippen MR) is 142 cm³/mol. The van der Waals surface area contributed by atoms with Crippen LogP contribution < -0.4 is 25.4 Å². The molecule has 0 fully saturated rings. The lowest BCUT2D eigenvalue weighted by atomic mass is 10.2. The highest BCUT2D eigenvalue weighted by Gasteiger charge is 2.06. The van der Waals surface area contributed by atoms with Crippen LogP contribution >= 0.6 is 24.0 Å². The molecular formula is C24H35IN4O4. The summed E-state index contributed by atoms with van der Waals surface area (Å²) in [4.78, 5) is 17.0. The number of methoxy groups -OCH3 is 2. The van der Waals surface area contributed by atoms with Crippen molar-refractivity contribution in [3.8, 4) is 11.5 Å². The van der Waals surface area contributed by atoms with Crippen LogP contribution in [0.15, 0.2) is 53.5 Å². The maximum atomic E-state index is 12.3. The largest absolute Gasteiger partial charge is 0.497 e. The van der Waals surface area contributed by atoms with Crippen LogP contribution in [0.5, 0.6) is 11.5 Å². The van der Waals surface area contributed by atoms with Gasteiger partial charge in [0.15, 0.2) is 5.96 Å². The molecule has 3 N–H and O–H groups in total. The zero-order chi connectivity index (χ0) is 23.0. The third-order valence-electron chi connectivity index (χ3n) is 4.58. The fraction of sp³-hybridized carbons (Fsp3) is 0.417. The molecule has 0 spiro atoms. The molecule has 33 heavy (non-hydrogen) atoms. The molecule has 182 valence electrons. The number of nitrogens with zero attached hydrogens (tertiary/aromatic N) is 1. The Morgan fingerprint density at radius 1 is 0.909 bits per heavy atom. The van der Waals surface area contributed by atoms with Gasteiger partial charge in [-0.3, -0.25) is 4.79 Å². The molecule has 0 saturated heterocycles. The normalized spacial score (nSPS) is 10.7. The number of nitrogens with one attached hydrogen (secondary N) is 3. The van der Waals surface area contributed by atoms with Crippen LogP contribution in [0, 0.1) is 0 Å². The van der Waals surface area contributed by atoms with E-state index in [-0.39, 0.29) is 29.9 Å². The summed E-state index contributed by atoms with van der Waals surface area (Å²) in [6.07, 6.45) is 0.879. The number of ether oxygens (including phenoxy) is 3. The number of hydrogen-bond donors (Lipinski definition) is 3. The summed E-state index contributed by atoms with van der Waals surface area (Å²) in [5.41, 5.74) is 1.64. The molecule has 0 unspecified atom stereocenters. The second-order valence-corrected chi connectivity index (χ2v) is 6.90. The lowest BCUT2D eigenvalue weighted by Gasteiger charge is -2.13. The van der Waals surface area contributed by atoms with Crippen LogP contribution in [0.2, 0.25) is 0 Å². The van der Waals surface area contributed by atoms with Crippen molar-refractivity contribution in [2.45, 2.75) is 19.9 Å². The predicted octanol–water partition coefficient (Wildman–Crippen LogP) is 3.21. The molecule has 0 bridgehead atoms. The molecule has 0 aliphatic rings. The zero-order valence-corrected chi connectivity index (χ0v) is 21.9. The van der Waals surface area contributed by atoms with Crippen LogP contribution in [0.4, 0.5) is 0 Å². The van der Waals surface area contributed by atoms with Gasteiger partial charge in [0.2, 0.25) is 0 Å². The summed E-state index contributed by atoms with van der Waals surface area (Å²) in [5.74, 6) is 2.01. The molecule has 2 aromatic carbocycles. The molecule has 2 rings (SSSR count). The van der Waals surface area contributed by atoms with Crippen molar-refractivity contribution in [1.29, 1.82) is 0 Å². The van der Waals surface area contributed by atoms with E-state index < -0.39 is 0 Å². The standard InChI is InChI=1S/C24H34N4O4.HI/c1-4-32-16-6-13-26-24(28-18-19-9-11-21(30-2)12-10-19)27-15-14-25-23(29)20-7-5-8-22(17-20)31-3;/h5,7-12,17H,4,6,13-16,18H2,1-3H3,(H,25,29)(H2,26,27,28);1H. The van der Waals surface area contributed by atoms with Crippen molar-refractivity contribution in [3.63, 3.8) is 0 Å². The van der Waals surface area contributed by atoms with Crippen LogP contribution in [0.3, 0.4) is 0 Å². The number of carbonyl (C=O) groups is 1. The molecule has 0 atom stereocenters. The number of benzene rings is 2. The fourth-order valence-electron chi connectivity index (χ4n) is 2.82. The molecule has 2 aromatic rings. The van der Waals surface area contributed by atoms with Gasteiger partial charge in [-0.15, -0.1) is 24.0 Å². The number of hydrogen-bond acceptors (Lipinski definition) is 5. The van der Waals surface area contributed by atoms with Gasteiger partial charge in [-0.1, -0.05) is 18.2 Å². The van der Waals surface area contributed by atoms with Gasteiger partial charge < -0.3 is 30.2 Å². The first-order valence-electron chi connectivity index (χ1n) is 10.8. The molecule has 0 saturated carbocycles. The summed E-state index contributed by atoms with van der Waals surface area (Å²) >= 11 is 0. The maximum absolute atomic E-state index is 12.3.